The average Bonchev–Trinajstić information content (AvgIpc) is 2.34. The van der Waals surface area contributed by atoms with Crippen molar-refractivity contribution in [1.29, 1.82) is 0 Å². The van der Waals surface area contributed by atoms with Crippen LogP contribution in [0.5, 0.6) is 0 Å². The Morgan fingerprint density at radius 2 is 2.21 bits per heavy atom. The summed E-state index contributed by atoms with van der Waals surface area (Å²) in [7, 11) is 1.55. The Bertz CT molecular complexity index is 311. The Kier molecular flexibility index (Phi) is 6.75. The summed E-state index contributed by atoms with van der Waals surface area (Å²) >= 11 is 0. The van der Waals surface area contributed by atoms with Crippen LogP contribution in [-0.4, -0.2) is 62.8 Å². The summed E-state index contributed by atoms with van der Waals surface area (Å²) in [5, 5.41) is 4.83. The number of piperidine rings is 1. The maximum Gasteiger partial charge on any atom is 0.321 e. The molecular weight excluding hydrogens is 248 g/mol. The summed E-state index contributed by atoms with van der Waals surface area (Å²) in [5.74, 6) is 0.0784. The molecule has 0 aromatic carbocycles. The van der Waals surface area contributed by atoms with Gasteiger partial charge in [-0.1, -0.05) is 6.92 Å². The van der Waals surface area contributed by atoms with Crippen LogP contribution in [0.4, 0.5) is 4.79 Å². The van der Waals surface area contributed by atoms with E-state index < -0.39 is 6.03 Å². The number of amides is 3. The molecule has 7 heteroatoms. The van der Waals surface area contributed by atoms with Gasteiger partial charge in [0.25, 0.3) is 0 Å². The molecule has 0 saturated carbocycles. The molecule has 3 amide bonds. The zero-order chi connectivity index (χ0) is 14.3. The number of rotatable bonds is 5. The van der Waals surface area contributed by atoms with Crippen LogP contribution < -0.4 is 16.4 Å². The largest absolute Gasteiger partial charge is 0.383 e. The minimum atomic E-state index is -0.483. The number of likely N-dealkylation sites (tertiary alicyclic amines) is 1. The molecule has 1 saturated heterocycles. The number of ether oxygens (including phenoxy) is 1. The maximum atomic E-state index is 11.7. The molecule has 0 aromatic rings. The Hall–Kier alpha value is -1.18. The van der Waals surface area contributed by atoms with E-state index in [1.807, 2.05) is 4.90 Å². The number of urea groups is 1. The van der Waals surface area contributed by atoms with Gasteiger partial charge in [0, 0.05) is 32.8 Å². The highest BCUT2D eigenvalue weighted by atomic mass is 16.5. The fourth-order valence-electron chi connectivity index (χ4n) is 2.07. The van der Waals surface area contributed by atoms with Gasteiger partial charge in [0.2, 0.25) is 5.91 Å². The number of carbonyl (C=O) groups is 2. The Labute approximate surface area is 113 Å². The van der Waals surface area contributed by atoms with Gasteiger partial charge in [0.05, 0.1) is 13.2 Å². The molecule has 19 heavy (non-hydrogen) atoms. The van der Waals surface area contributed by atoms with Crippen LogP contribution >= 0.6 is 0 Å². The predicted octanol–water partition coefficient (Wildman–Crippen LogP) is -0.872. The van der Waals surface area contributed by atoms with Crippen molar-refractivity contribution in [3.8, 4) is 0 Å². The van der Waals surface area contributed by atoms with Gasteiger partial charge in [-0.05, 0) is 12.3 Å². The number of carbonyl (C=O) groups excluding carboxylic acids is 2. The van der Waals surface area contributed by atoms with Gasteiger partial charge in [0.15, 0.2) is 0 Å². The standard InChI is InChI=1S/C12H24N4O3/c1-9-7-16(5-3-10(9)13)8-11(17)15-12(18)14-4-6-19-2/h9-10H,3-8,13H2,1-2H3,(H2,14,15,17,18). The molecule has 2 atom stereocenters. The molecule has 0 radical (unpaired) electrons. The summed E-state index contributed by atoms with van der Waals surface area (Å²) in [6, 6.07) is -0.277. The number of methoxy groups -OCH3 is 1. The minimum absolute atomic E-state index is 0.205. The lowest BCUT2D eigenvalue weighted by Crippen LogP contribution is -2.50. The van der Waals surface area contributed by atoms with E-state index in [0.29, 0.717) is 19.1 Å². The number of nitrogens with two attached hydrogens (primary N) is 1. The monoisotopic (exact) mass is 272 g/mol. The number of imide groups is 1. The van der Waals surface area contributed by atoms with E-state index in [0.717, 1.165) is 19.5 Å². The van der Waals surface area contributed by atoms with Crippen molar-refractivity contribution < 1.29 is 14.3 Å². The third-order valence-corrected chi connectivity index (χ3v) is 3.27. The molecule has 1 rings (SSSR count). The highest BCUT2D eigenvalue weighted by Gasteiger charge is 2.24. The van der Waals surface area contributed by atoms with Crippen LogP contribution in [0.3, 0.4) is 0 Å². The van der Waals surface area contributed by atoms with Crippen LogP contribution in [0.25, 0.3) is 0 Å². The van der Waals surface area contributed by atoms with E-state index in [1.54, 1.807) is 7.11 Å². The Morgan fingerprint density at radius 1 is 1.47 bits per heavy atom. The molecule has 7 nitrogen and oxygen atoms in total. The smallest absolute Gasteiger partial charge is 0.321 e. The quantitative estimate of drug-likeness (QED) is 0.565. The third-order valence-electron chi connectivity index (χ3n) is 3.27. The Balaban J connectivity index is 2.22. The van der Waals surface area contributed by atoms with E-state index in [-0.39, 0.29) is 18.5 Å². The van der Waals surface area contributed by atoms with E-state index in [2.05, 4.69) is 17.6 Å². The fourth-order valence-corrected chi connectivity index (χ4v) is 2.07. The molecule has 1 aliphatic rings. The first-order valence-corrected chi connectivity index (χ1v) is 6.57. The first-order valence-electron chi connectivity index (χ1n) is 6.57. The fraction of sp³-hybridized carbons (Fsp3) is 0.833. The summed E-state index contributed by atoms with van der Waals surface area (Å²) in [6.45, 7) is 4.69. The summed E-state index contributed by atoms with van der Waals surface area (Å²) < 4.78 is 4.79. The zero-order valence-corrected chi connectivity index (χ0v) is 11.6. The molecule has 1 aliphatic heterocycles. The predicted molar refractivity (Wildman–Crippen MR) is 71.6 cm³/mol. The highest BCUT2D eigenvalue weighted by molar-refractivity contribution is 5.95. The lowest BCUT2D eigenvalue weighted by molar-refractivity contribution is -0.121. The van der Waals surface area contributed by atoms with Crippen molar-refractivity contribution in [2.45, 2.75) is 19.4 Å². The first kappa shape index (κ1) is 15.9. The highest BCUT2D eigenvalue weighted by Crippen LogP contribution is 2.14. The van der Waals surface area contributed by atoms with Crippen molar-refractivity contribution >= 4 is 11.9 Å². The van der Waals surface area contributed by atoms with Crippen molar-refractivity contribution in [3.05, 3.63) is 0 Å². The van der Waals surface area contributed by atoms with Crippen LogP contribution in [0.1, 0.15) is 13.3 Å². The molecule has 0 aromatic heterocycles. The lowest BCUT2D eigenvalue weighted by atomic mass is 9.95. The van der Waals surface area contributed by atoms with E-state index >= 15 is 0 Å². The number of nitrogens with zero attached hydrogens (tertiary/aromatic N) is 1. The molecule has 0 aliphatic carbocycles. The lowest BCUT2D eigenvalue weighted by Gasteiger charge is -2.34. The van der Waals surface area contributed by atoms with Gasteiger partial charge in [0.1, 0.15) is 0 Å². The van der Waals surface area contributed by atoms with E-state index in [1.165, 1.54) is 0 Å². The Morgan fingerprint density at radius 3 is 2.84 bits per heavy atom. The first-order chi connectivity index (χ1) is 9.02. The van der Waals surface area contributed by atoms with E-state index in [9.17, 15) is 9.59 Å². The SMILES string of the molecule is COCCNC(=O)NC(=O)CN1CCC(N)C(C)C1. The zero-order valence-electron chi connectivity index (χ0n) is 11.6. The number of hydrogen-bond acceptors (Lipinski definition) is 5. The number of nitrogens with one attached hydrogen (secondary N) is 2. The topological polar surface area (TPSA) is 96.7 Å². The second kappa shape index (κ2) is 8.08. The third kappa shape index (κ3) is 6.00. The van der Waals surface area contributed by atoms with Gasteiger partial charge in [-0.15, -0.1) is 0 Å². The second-order valence-electron chi connectivity index (χ2n) is 4.96. The van der Waals surface area contributed by atoms with Gasteiger partial charge in [-0.3, -0.25) is 15.0 Å². The summed E-state index contributed by atoms with van der Waals surface area (Å²) in [4.78, 5) is 25.0. The molecule has 0 bridgehead atoms. The van der Waals surface area contributed by atoms with Crippen LogP contribution in [0.2, 0.25) is 0 Å². The molecule has 1 fully saturated rings. The molecular formula is C12H24N4O3. The average molecular weight is 272 g/mol. The van der Waals surface area contributed by atoms with Gasteiger partial charge in [-0.2, -0.15) is 0 Å². The number of hydrogen-bond donors (Lipinski definition) is 3. The normalized spacial score (nSPS) is 23.9. The molecule has 0 spiro atoms. The van der Waals surface area contributed by atoms with Gasteiger partial charge >= 0.3 is 6.03 Å². The summed E-state index contributed by atoms with van der Waals surface area (Å²) in [6.07, 6.45) is 0.883. The van der Waals surface area contributed by atoms with Crippen LogP contribution in [0, 0.1) is 5.92 Å². The molecule has 110 valence electrons. The maximum absolute atomic E-state index is 11.7. The minimum Gasteiger partial charge on any atom is -0.383 e. The molecule has 4 N–H and O–H groups in total. The van der Waals surface area contributed by atoms with Crippen molar-refractivity contribution in [2.75, 3.05) is 39.9 Å². The molecule has 2 unspecified atom stereocenters. The van der Waals surface area contributed by atoms with Gasteiger partial charge in [-0.25, -0.2) is 4.79 Å². The van der Waals surface area contributed by atoms with Crippen molar-refractivity contribution in [3.63, 3.8) is 0 Å². The van der Waals surface area contributed by atoms with Crippen LogP contribution in [0.15, 0.2) is 0 Å². The second-order valence-corrected chi connectivity index (χ2v) is 4.96. The van der Waals surface area contributed by atoms with Crippen LogP contribution in [-0.2, 0) is 9.53 Å². The van der Waals surface area contributed by atoms with Crippen molar-refractivity contribution in [2.24, 2.45) is 11.7 Å². The van der Waals surface area contributed by atoms with Gasteiger partial charge < -0.3 is 15.8 Å². The molecule has 1 heterocycles. The van der Waals surface area contributed by atoms with Crippen molar-refractivity contribution in [1.82, 2.24) is 15.5 Å². The summed E-state index contributed by atoms with van der Waals surface area (Å²) in [5.41, 5.74) is 5.92. The van der Waals surface area contributed by atoms with E-state index in [4.69, 9.17) is 10.5 Å².